The fraction of sp³-hybridized carbons (Fsp3) is 0.368. The topological polar surface area (TPSA) is 71.8 Å². The summed E-state index contributed by atoms with van der Waals surface area (Å²) in [4.78, 5) is 25.7. The number of carboxylic acids is 1. The van der Waals surface area contributed by atoms with Crippen molar-refractivity contribution in [3.8, 4) is 5.75 Å². The average molecular weight is 342 g/mol. The lowest BCUT2D eigenvalue weighted by atomic mass is 9.96. The van der Waals surface area contributed by atoms with Gasteiger partial charge in [-0.2, -0.15) is 0 Å². The van der Waals surface area contributed by atoms with Crippen LogP contribution in [0.2, 0.25) is 0 Å². The van der Waals surface area contributed by atoms with Gasteiger partial charge in [0.15, 0.2) is 0 Å². The second kappa shape index (κ2) is 7.01. The van der Waals surface area contributed by atoms with Crippen LogP contribution in [0.5, 0.6) is 5.75 Å². The number of aromatic nitrogens is 1. The van der Waals surface area contributed by atoms with Crippen LogP contribution in [-0.4, -0.2) is 46.6 Å². The number of hydrogen-bond donors (Lipinski definition) is 1. The zero-order chi connectivity index (χ0) is 18.0. The lowest BCUT2D eigenvalue weighted by Crippen LogP contribution is -2.30. The lowest BCUT2D eigenvalue weighted by molar-refractivity contribution is 0.0696. The standard InChI is InChI=1S/C19H22N2O4/c1-20-8-3-4-16(20)18(22)21-9-7-13(12-21)10-15-11-14(19(23)24)5-6-17(15)25-2/h3-6,8,11,13H,7,9-10,12H2,1-2H3,(H,23,24). The summed E-state index contributed by atoms with van der Waals surface area (Å²) in [5, 5.41) is 9.18. The molecule has 6 nitrogen and oxygen atoms in total. The number of likely N-dealkylation sites (tertiary alicyclic amines) is 1. The SMILES string of the molecule is COc1ccc(C(=O)O)cc1CC1CCN(C(=O)c2cccn2C)C1. The van der Waals surface area contributed by atoms with Crippen molar-refractivity contribution in [3.05, 3.63) is 53.3 Å². The van der Waals surface area contributed by atoms with E-state index in [4.69, 9.17) is 4.74 Å². The number of carboxylic acid groups (broad SMARTS) is 1. The summed E-state index contributed by atoms with van der Waals surface area (Å²) < 4.78 is 7.19. The lowest BCUT2D eigenvalue weighted by Gasteiger charge is -2.18. The van der Waals surface area contributed by atoms with Crippen molar-refractivity contribution in [2.75, 3.05) is 20.2 Å². The number of ether oxygens (including phenoxy) is 1. The molecule has 1 saturated heterocycles. The molecule has 6 heteroatoms. The number of nitrogens with zero attached hydrogens (tertiary/aromatic N) is 2. The molecule has 2 aromatic rings. The molecule has 1 fully saturated rings. The van der Waals surface area contributed by atoms with Gasteiger partial charge in [0.2, 0.25) is 0 Å². The van der Waals surface area contributed by atoms with Gasteiger partial charge >= 0.3 is 5.97 Å². The third kappa shape index (κ3) is 3.52. The fourth-order valence-corrected chi connectivity index (χ4v) is 3.41. The Morgan fingerprint density at radius 3 is 2.76 bits per heavy atom. The van der Waals surface area contributed by atoms with Crippen LogP contribution in [0.3, 0.4) is 0 Å². The van der Waals surface area contributed by atoms with Gasteiger partial charge in [-0.3, -0.25) is 4.79 Å². The van der Waals surface area contributed by atoms with E-state index >= 15 is 0 Å². The van der Waals surface area contributed by atoms with Crippen molar-refractivity contribution in [1.29, 1.82) is 0 Å². The summed E-state index contributed by atoms with van der Waals surface area (Å²) in [6.45, 7) is 1.39. The molecule has 1 N–H and O–H groups in total. The van der Waals surface area contributed by atoms with E-state index in [0.29, 0.717) is 30.3 Å². The van der Waals surface area contributed by atoms with Crippen molar-refractivity contribution in [2.45, 2.75) is 12.8 Å². The normalized spacial score (nSPS) is 16.9. The number of benzene rings is 1. The first kappa shape index (κ1) is 17.1. The Morgan fingerprint density at radius 2 is 2.12 bits per heavy atom. The molecule has 132 valence electrons. The Hall–Kier alpha value is -2.76. The van der Waals surface area contributed by atoms with Crippen LogP contribution in [-0.2, 0) is 13.5 Å². The number of amides is 1. The van der Waals surface area contributed by atoms with Crippen molar-refractivity contribution in [1.82, 2.24) is 9.47 Å². The average Bonchev–Trinajstić information content (AvgIpc) is 3.23. The van der Waals surface area contributed by atoms with Gasteiger partial charge < -0.3 is 19.3 Å². The maximum Gasteiger partial charge on any atom is 0.335 e. The number of aromatic carboxylic acids is 1. The number of carbonyl (C=O) groups excluding carboxylic acids is 1. The predicted molar refractivity (Wildman–Crippen MR) is 93.1 cm³/mol. The van der Waals surface area contributed by atoms with Gasteiger partial charge in [0.25, 0.3) is 5.91 Å². The smallest absolute Gasteiger partial charge is 0.335 e. The molecule has 25 heavy (non-hydrogen) atoms. The summed E-state index contributed by atoms with van der Waals surface area (Å²) in [6, 6.07) is 8.60. The fourth-order valence-electron chi connectivity index (χ4n) is 3.41. The van der Waals surface area contributed by atoms with E-state index in [1.165, 1.54) is 0 Å². The van der Waals surface area contributed by atoms with E-state index in [0.717, 1.165) is 18.5 Å². The van der Waals surface area contributed by atoms with Crippen molar-refractivity contribution in [3.63, 3.8) is 0 Å². The molecular weight excluding hydrogens is 320 g/mol. The zero-order valence-electron chi connectivity index (χ0n) is 14.4. The monoisotopic (exact) mass is 342 g/mol. The second-order valence-electron chi connectivity index (χ2n) is 6.45. The first-order chi connectivity index (χ1) is 12.0. The molecule has 1 atom stereocenters. The van der Waals surface area contributed by atoms with Crippen molar-refractivity contribution in [2.24, 2.45) is 13.0 Å². The summed E-state index contributed by atoms with van der Waals surface area (Å²) in [5.74, 6) is 0.0801. The van der Waals surface area contributed by atoms with Gasteiger partial charge in [-0.05, 0) is 54.7 Å². The zero-order valence-corrected chi connectivity index (χ0v) is 14.4. The molecule has 0 bridgehead atoms. The van der Waals surface area contributed by atoms with Crippen LogP contribution in [0.25, 0.3) is 0 Å². The van der Waals surface area contributed by atoms with E-state index < -0.39 is 5.97 Å². The van der Waals surface area contributed by atoms with Crippen LogP contribution >= 0.6 is 0 Å². The Labute approximate surface area is 146 Å². The van der Waals surface area contributed by atoms with Crippen LogP contribution in [0.4, 0.5) is 0 Å². The molecule has 1 aliphatic heterocycles. The third-order valence-electron chi connectivity index (χ3n) is 4.77. The van der Waals surface area contributed by atoms with Gasteiger partial charge in [-0.15, -0.1) is 0 Å². The van der Waals surface area contributed by atoms with Crippen molar-refractivity contribution >= 4 is 11.9 Å². The Balaban J connectivity index is 1.71. The second-order valence-corrected chi connectivity index (χ2v) is 6.45. The van der Waals surface area contributed by atoms with E-state index in [1.54, 1.807) is 25.3 Å². The summed E-state index contributed by atoms with van der Waals surface area (Å²) >= 11 is 0. The first-order valence-corrected chi connectivity index (χ1v) is 8.30. The quantitative estimate of drug-likeness (QED) is 0.906. The predicted octanol–water partition coefficient (Wildman–Crippen LogP) is 2.44. The Bertz CT molecular complexity index is 796. The largest absolute Gasteiger partial charge is 0.496 e. The van der Waals surface area contributed by atoms with Gasteiger partial charge in [-0.1, -0.05) is 0 Å². The molecule has 0 radical (unpaired) electrons. The summed E-state index contributed by atoms with van der Waals surface area (Å²) in [6.07, 6.45) is 3.46. The van der Waals surface area contributed by atoms with Crippen LogP contribution in [0.1, 0.15) is 32.8 Å². The summed E-state index contributed by atoms with van der Waals surface area (Å²) in [7, 11) is 3.45. The van der Waals surface area contributed by atoms with Gasteiger partial charge in [0, 0.05) is 26.3 Å². The van der Waals surface area contributed by atoms with Gasteiger partial charge in [0.1, 0.15) is 11.4 Å². The van der Waals surface area contributed by atoms with E-state index in [2.05, 4.69) is 0 Å². The number of hydrogen-bond acceptors (Lipinski definition) is 3. The highest BCUT2D eigenvalue weighted by Gasteiger charge is 2.28. The van der Waals surface area contributed by atoms with Gasteiger partial charge in [0.05, 0.1) is 12.7 Å². The molecule has 1 unspecified atom stereocenters. The molecule has 0 spiro atoms. The molecule has 2 heterocycles. The Morgan fingerprint density at radius 1 is 1.32 bits per heavy atom. The molecular formula is C19H22N2O4. The van der Waals surface area contributed by atoms with E-state index in [-0.39, 0.29) is 11.5 Å². The molecule has 1 amide bonds. The van der Waals surface area contributed by atoms with E-state index in [1.807, 2.05) is 34.8 Å². The minimum absolute atomic E-state index is 0.0428. The highest BCUT2D eigenvalue weighted by atomic mass is 16.5. The first-order valence-electron chi connectivity index (χ1n) is 8.30. The molecule has 1 aromatic carbocycles. The number of rotatable bonds is 5. The molecule has 0 aliphatic carbocycles. The maximum absolute atomic E-state index is 12.6. The molecule has 0 saturated carbocycles. The van der Waals surface area contributed by atoms with Crippen molar-refractivity contribution < 1.29 is 19.4 Å². The highest BCUT2D eigenvalue weighted by Crippen LogP contribution is 2.28. The number of carbonyl (C=O) groups is 2. The summed E-state index contributed by atoms with van der Waals surface area (Å²) in [5.41, 5.74) is 1.82. The van der Waals surface area contributed by atoms with E-state index in [9.17, 15) is 14.7 Å². The van der Waals surface area contributed by atoms with Gasteiger partial charge in [-0.25, -0.2) is 4.79 Å². The molecule has 1 aliphatic rings. The molecule has 3 rings (SSSR count). The maximum atomic E-state index is 12.6. The number of aryl methyl sites for hydroxylation is 1. The Kier molecular flexibility index (Phi) is 4.79. The minimum Gasteiger partial charge on any atom is -0.496 e. The minimum atomic E-state index is -0.948. The molecule has 1 aromatic heterocycles. The highest BCUT2D eigenvalue weighted by molar-refractivity contribution is 5.93. The van der Waals surface area contributed by atoms with Crippen LogP contribution in [0, 0.1) is 5.92 Å². The third-order valence-corrected chi connectivity index (χ3v) is 4.77. The van der Waals surface area contributed by atoms with Crippen LogP contribution in [0.15, 0.2) is 36.5 Å². The number of methoxy groups -OCH3 is 1. The van der Waals surface area contributed by atoms with Crippen LogP contribution < -0.4 is 4.74 Å².